The van der Waals surface area contributed by atoms with Crippen molar-refractivity contribution in [2.24, 2.45) is 5.73 Å². The summed E-state index contributed by atoms with van der Waals surface area (Å²) in [4.78, 5) is 24.8. The monoisotopic (exact) mass is 523 g/mol. The van der Waals surface area contributed by atoms with E-state index in [4.69, 9.17) is 11.1 Å². The molecule has 2 unspecified atom stereocenters. The highest BCUT2D eigenvalue weighted by Crippen LogP contribution is 2.28. The van der Waals surface area contributed by atoms with Crippen LogP contribution in [0.3, 0.4) is 0 Å². The molecule has 0 bridgehead atoms. The van der Waals surface area contributed by atoms with Crippen molar-refractivity contribution in [1.29, 1.82) is 5.41 Å². The number of nitrogens with one attached hydrogen (secondary N) is 3. The van der Waals surface area contributed by atoms with Gasteiger partial charge in [-0.3, -0.25) is 20.4 Å². The zero-order chi connectivity index (χ0) is 27.0. The smallest absolute Gasteiger partial charge is 0.305 e. The third-order valence-corrected chi connectivity index (χ3v) is 7.28. The fraction of sp³-hybridized carbons (Fsp3) is 0.192. The van der Waals surface area contributed by atoms with Crippen molar-refractivity contribution in [1.82, 2.24) is 10.7 Å². The number of rotatable bonds is 11. The Hall–Kier alpha value is -4.38. The highest BCUT2D eigenvalue weighted by molar-refractivity contribution is 7.92. The minimum atomic E-state index is -4.19. The van der Waals surface area contributed by atoms with Crippen LogP contribution in [0.1, 0.15) is 42.9 Å². The van der Waals surface area contributed by atoms with Crippen LogP contribution in [0.25, 0.3) is 0 Å². The Labute approximate surface area is 215 Å². The molecule has 3 aromatic rings. The van der Waals surface area contributed by atoms with Crippen molar-refractivity contribution in [3.05, 3.63) is 96.1 Å². The normalized spacial score (nSPS) is 12.7. The summed E-state index contributed by atoms with van der Waals surface area (Å²) < 4.78 is 27.4. The lowest BCUT2D eigenvalue weighted by atomic mass is 9.94. The lowest BCUT2D eigenvalue weighted by Gasteiger charge is -2.27. The largest absolute Gasteiger partial charge is 0.481 e. The van der Waals surface area contributed by atoms with Crippen LogP contribution >= 0.6 is 0 Å². The predicted octanol–water partition coefficient (Wildman–Crippen LogP) is 3.11. The minimum Gasteiger partial charge on any atom is -0.481 e. The number of hydrogen-bond acceptors (Lipinski definition) is 5. The van der Waals surface area contributed by atoms with Crippen LogP contribution in [0, 0.1) is 5.41 Å². The van der Waals surface area contributed by atoms with Crippen molar-refractivity contribution >= 4 is 33.5 Å². The number of amides is 1. The number of hydrazine groups is 1. The number of carboxylic acids is 1. The van der Waals surface area contributed by atoms with Crippen LogP contribution < -0.4 is 20.9 Å². The molecular formula is C26H29N5O5S. The molecule has 0 aliphatic carbocycles. The highest BCUT2D eigenvalue weighted by Gasteiger charge is 2.28. The first kappa shape index (κ1) is 27.2. The first-order valence-corrected chi connectivity index (χ1v) is 13.0. The average Bonchev–Trinajstić information content (AvgIpc) is 2.88. The number of aliphatic carboxylic acids is 1. The molecule has 3 aromatic carbocycles. The molecule has 0 saturated carbocycles. The number of nitrogens with zero attached hydrogens (tertiary/aromatic N) is 1. The van der Waals surface area contributed by atoms with E-state index < -0.39 is 40.3 Å². The molecule has 194 valence electrons. The van der Waals surface area contributed by atoms with Crippen LogP contribution in [0.5, 0.6) is 0 Å². The van der Waals surface area contributed by atoms with E-state index in [9.17, 15) is 23.1 Å². The highest BCUT2D eigenvalue weighted by atomic mass is 32.2. The van der Waals surface area contributed by atoms with E-state index in [0.717, 1.165) is 9.98 Å². The van der Waals surface area contributed by atoms with Crippen LogP contribution in [0.15, 0.2) is 89.8 Å². The van der Waals surface area contributed by atoms with Gasteiger partial charge in [0.1, 0.15) is 0 Å². The molecule has 0 saturated heterocycles. The van der Waals surface area contributed by atoms with Gasteiger partial charge >= 0.3 is 5.97 Å². The first-order valence-electron chi connectivity index (χ1n) is 11.5. The van der Waals surface area contributed by atoms with Gasteiger partial charge in [-0.15, -0.1) is 0 Å². The molecule has 2 atom stereocenters. The van der Waals surface area contributed by atoms with E-state index in [1.165, 1.54) is 30.3 Å². The van der Waals surface area contributed by atoms with Crippen molar-refractivity contribution in [3.63, 3.8) is 0 Å². The quantitative estimate of drug-likeness (QED) is 0.146. The predicted molar refractivity (Wildman–Crippen MR) is 140 cm³/mol. The van der Waals surface area contributed by atoms with E-state index in [1.807, 2.05) is 37.3 Å². The van der Waals surface area contributed by atoms with Gasteiger partial charge in [-0.1, -0.05) is 67.6 Å². The molecule has 6 N–H and O–H groups in total. The molecule has 10 nitrogen and oxygen atoms in total. The Morgan fingerprint density at radius 2 is 1.57 bits per heavy atom. The Morgan fingerprint density at radius 3 is 2.14 bits per heavy atom. The van der Waals surface area contributed by atoms with Gasteiger partial charge < -0.3 is 16.2 Å². The number of carbonyl (C=O) groups is 2. The molecule has 0 heterocycles. The number of carboxylic acid groups (broad SMARTS) is 1. The maximum Gasteiger partial charge on any atom is 0.305 e. The fourth-order valence-electron chi connectivity index (χ4n) is 3.90. The molecule has 0 spiro atoms. The Kier molecular flexibility index (Phi) is 8.86. The lowest BCUT2D eigenvalue weighted by molar-refractivity contribution is -0.137. The second-order valence-corrected chi connectivity index (χ2v) is 10.0. The maximum absolute atomic E-state index is 13.3. The van der Waals surface area contributed by atoms with E-state index in [-0.39, 0.29) is 16.5 Å². The lowest BCUT2D eigenvalue weighted by Crippen LogP contribution is -2.49. The number of benzene rings is 3. The standard InChI is InChI=1S/C26H29N5O5S/c1-2-22(18-10-5-3-6-11-18)25(34)29-23(17-24(32)33)19-12-9-13-20(16-19)31(30-26(27)28)37(35,36)21-14-7-4-8-15-21/h3-16,22-23H,2,17H2,1H3,(H,29,34)(H,32,33)(H4,27,28,30). The molecule has 37 heavy (non-hydrogen) atoms. The number of nitrogens with two attached hydrogens (primary N) is 1. The minimum absolute atomic E-state index is 0.0433. The third kappa shape index (κ3) is 6.85. The summed E-state index contributed by atoms with van der Waals surface area (Å²) in [6, 6.07) is 21.9. The van der Waals surface area contributed by atoms with E-state index in [0.29, 0.717) is 12.0 Å². The van der Waals surface area contributed by atoms with Crippen molar-refractivity contribution in [2.75, 3.05) is 4.41 Å². The molecule has 0 aliphatic rings. The zero-order valence-electron chi connectivity index (χ0n) is 20.2. The third-order valence-electron chi connectivity index (χ3n) is 5.63. The van der Waals surface area contributed by atoms with E-state index in [2.05, 4.69) is 10.7 Å². The number of anilines is 1. The summed E-state index contributed by atoms with van der Waals surface area (Å²) in [5.41, 5.74) is 9.06. The Bertz CT molecular complexity index is 1350. The van der Waals surface area contributed by atoms with Gasteiger partial charge in [0.2, 0.25) is 11.9 Å². The van der Waals surface area contributed by atoms with Gasteiger partial charge in [-0.2, -0.15) is 12.8 Å². The van der Waals surface area contributed by atoms with Gasteiger partial charge in [-0.25, -0.2) is 0 Å². The first-order chi connectivity index (χ1) is 17.6. The van der Waals surface area contributed by atoms with Gasteiger partial charge in [0.25, 0.3) is 10.0 Å². The second-order valence-electron chi connectivity index (χ2n) is 8.23. The second kappa shape index (κ2) is 12.0. The van der Waals surface area contributed by atoms with Crippen molar-refractivity contribution in [3.8, 4) is 0 Å². The number of hydrogen-bond donors (Lipinski definition) is 5. The summed E-state index contributed by atoms with van der Waals surface area (Å²) in [5.74, 6) is -2.59. The summed E-state index contributed by atoms with van der Waals surface area (Å²) in [6.45, 7) is 1.86. The van der Waals surface area contributed by atoms with Crippen LogP contribution in [-0.2, 0) is 19.6 Å². The van der Waals surface area contributed by atoms with E-state index >= 15 is 0 Å². The molecule has 0 radical (unpaired) electrons. The van der Waals surface area contributed by atoms with Gasteiger partial charge in [0.15, 0.2) is 0 Å². The maximum atomic E-state index is 13.3. The Morgan fingerprint density at radius 1 is 0.973 bits per heavy atom. The summed E-state index contributed by atoms with van der Waals surface area (Å²) in [6.07, 6.45) is 0.0767. The molecule has 3 rings (SSSR count). The molecule has 1 amide bonds. The Balaban J connectivity index is 1.98. The van der Waals surface area contributed by atoms with Crippen molar-refractivity contribution in [2.45, 2.75) is 36.6 Å². The molecular weight excluding hydrogens is 494 g/mol. The fourth-order valence-corrected chi connectivity index (χ4v) is 5.22. The number of guanidine groups is 1. The molecule has 0 aliphatic heterocycles. The van der Waals surface area contributed by atoms with Gasteiger partial charge in [-0.05, 0) is 41.8 Å². The molecule has 11 heteroatoms. The van der Waals surface area contributed by atoms with Crippen LogP contribution in [-0.4, -0.2) is 31.4 Å². The van der Waals surface area contributed by atoms with Crippen LogP contribution in [0.2, 0.25) is 0 Å². The van der Waals surface area contributed by atoms with Crippen molar-refractivity contribution < 1.29 is 23.1 Å². The van der Waals surface area contributed by atoms with Gasteiger partial charge in [0.05, 0.1) is 29.0 Å². The van der Waals surface area contributed by atoms with Gasteiger partial charge in [0, 0.05) is 0 Å². The molecule has 0 aromatic heterocycles. The summed E-state index contributed by atoms with van der Waals surface area (Å²) >= 11 is 0. The summed E-state index contributed by atoms with van der Waals surface area (Å²) in [5, 5.41) is 20.0. The van der Waals surface area contributed by atoms with E-state index in [1.54, 1.807) is 24.3 Å². The number of sulfonamides is 1. The SMILES string of the molecule is CCC(C(=O)NC(CC(=O)O)c1cccc(N(NC(=N)N)S(=O)(=O)c2ccccc2)c1)c1ccccc1. The topological polar surface area (TPSA) is 166 Å². The average molecular weight is 524 g/mol. The zero-order valence-corrected chi connectivity index (χ0v) is 21.0. The molecule has 0 fully saturated rings. The summed E-state index contributed by atoms with van der Waals surface area (Å²) in [7, 11) is -4.19. The number of carbonyl (C=O) groups excluding carboxylic acids is 1. The van der Waals surface area contributed by atoms with Crippen LogP contribution in [0.4, 0.5) is 5.69 Å².